The maximum atomic E-state index is 13.1. The quantitative estimate of drug-likeness (QED) is 0.859. The van der Waals surface area contributed by atoms with Gasteiger partial charge in [0.1, 0.15) is 11.6 Å². The zero-order chi connectivity index (χ0) is 12.8. The Hall–Kier alpha value is -1.74. The van der Waals surface area contributed by atoms with Gasteiger partial charge in [-0.1, -0.05) is 0 Å². The fourth-order valence-corrected chi connectivity index (χ4v) is 2.33. The number of nitriles is 1. The van der Waals surface area contributed by atoms with E-state index in [-0.39, 0.29) is 23.0 Å². The van der Waals surface area contributed by atoms with Crippen LogP contribution in [0.15, 0.2) is 18.2 Å². The molecule has 0 bridgehead atoms. The summed E-state index contributed by atoms with van der Waals surface area (Å²) < 4.78 is 24.6. The lowest BCUT2D eigenvalue weighted by atomic mass is 10.1. The lowest BCUT2D eigenvalue weighted by Crippen LogP contribution is -2.24. The molecule has 0 radical (unpaired) electrons. The molecule has 1 unspecified atom stereocenters. The molecule has 6 heteroatoms. The minimum Gasteiger partial charge on any atom is -0.358 e. The Kier molecular flexibility index (Phi) is 4.79. The van der Waals surface area contributed by atoms with Crippen molar-refractivity contribution < 1.29 is 13.4 Å². The van der Waals surface area contributed by atoms with E-state index < -0.39 is 16.6 Å². The highest BCUT2D eigenvalue weighted by Crippen LogP contribution is 2.10. The first-order valence-electron chi connectivity index (χ1n) is 4.80. The molecule has 90 valence electrons. The van der Waals surface area contributed by atoms with Gasteiger partial charge >= 0.3 is 0 Å². The molecule has 1 N–H and O–H groups in total. The lowest BCUT2D eigenvalue weighted by molar-refractivity contribution is -0.118. The van der Waals surface area contributed by atoms with Gasteiger partial charge in [0, 0.05) is 23.6 Å². The SMILES string of the molecule is CNC(=O)CS(=O)Cc1cc(F)cc(C#N)c1. The predicted molar refractivity (Wildman–Crippen MR) is 61.9 cm³/mol. The van der Waals surface area contributed by atoms with E-state index in [4.69, 9.17) is 5.26 Å². The van der Waals surface area contributed by atoms with E-state index in [0.717, 1.165) is 6.07 Å². The van der Waals surface area contributed by atoms with Gasteiger partial charge in [-0.15, -0.1) is 0 Å². The monoisotopic (exact) mass is 254 g/mol. The van der Waals surface area contributed by atoms with Gasteiger partial charge in [-0.2, -0.15) is 5.26 Å². The topological polar surface area (TPSA) is 70.0 Å². The Balaban J connectivity index is 2.75. The van der Waals surface area contributed by atoms with Crippen molar-refractivity contribution >= 4 is 16.7 Å². The average molecular weight is 254 g/mol. The molecule has 17 heavy (non-hydrogen) atoms. The Morgan fingerprint density at radius 1 is 1.53 bits per heavy atom. The average Bonchev–Trinajstić information content (AvgIpc) is 2.27. The van der Waals surface area contributed by atoms with Crippen molar-refractivity contribution in [2.24, 2.45) is 0 Å². The van der Waals surface area contributed by atoms with Crippen LogP contribution in [-0.2, 0) is 21.3 Å². The summed E-state index contributed by atoms with van der Waals surface area (Å²) in [6, 6.07) is 5.59. The highest BCUT2D eigenvalue weighted by atomic mass is 32.2. The molecule has 0 aliphatic rings. The Labute approximate surface area is 101 Å². The molecule has 0 aliphatic carbocycles. The Morgan fingerprint density at radius 2 is 2.24 bits per heavy atom. The number of nitrogens with zero attached hydrogens (tertiary/aromatic N) is 1. The first-order valence-corrected chi connectivity index (χ1v) is 6.29. The molecule has 0 saturated carbocycles. The van der Waals surface area contributed by atoms with Crippen molar-refractivity contribution in [2.45, 2.75) is 5.75 Å². The summed E-state index contributed by atoms with van der Waals surface area (Å²) >= 11 is 0. The van der Waals surface area contributed by atoms with E-state index >= 15 is 0 Å². The lowest BCUT2D eigenvalue weighted by Gasteiger charge is -2.03. The number of hydrogen-bond acceptors (Lipinski definition) is 3. The molecule has 0 saturated heterocycles. The van der Waals surface area contributed by atoms with Crippen LogP contribution in [0.1, 0.15) is 11.1 Å². The molecular formula is C11H11FN2O2S. The second-order valence-corrected chi connectivity index (χ2v) is 4.82. The first kappa shape index (κ1) is 13.3. The Bertz CT molecular complexity index is 497. The molecule has 0 aliphatic heterocycles. The van der Waals surface area contributed by atoms with Crippen molar-refractivity contribution in [2.75, 3.05) is 12.8 Å². The van der Waals surface area contributed by atoms with Gasteiger partial charge in [-0.05, 0) is 23.8 Å². The Morgan fingerprint density at radius 3 is 2.82 bits per heavy atom. The van der Waals surface area contributed by atoms with Gasteiger partial charge in [-0.3, -0.25) is 9.00 Å². The van der Waals surface area contributed by atoms with Gasteiger partial charge in [-0.25, -0.2) is 4.39 Å². The van der Waals surface area contributed by atoms with Crippen LogP contribution >= 0.6 is 0 Å². The van der Waals surface area contributed by atoms with Crippen LogP contribution in [-0.4, -0.2) is 22.9 Å². The third kappa shape index (κ3) is 4.33. The summed E-state index contributed by atoms with van der Waals surface area (Å²) in [6.45, 7) is 0. The molecule has 1 aromatic rings. The maximum Gasteiger partial charge on any atom is 0.232 e. The van der Waals surface area contributed by atoms with E-state index in [1.165, 1.54) is 19.2 Å². The summed E-state index contributed by atoms with van der Waals surface area (Å²) in [4.78, 5) is 11.0. The number of carbonyl (C=O) groups is 1. The van der Waals surface area contributed by atoms with Gasteiger partial charge in [0.2, 0.25) is 5.91 Å². The number of rotatable bonds is 4. The molecule has 1 amide bonds. The van der Waals surface area contributed by atoms with E-state index in [1.54, 1.807) is 0 Å². The number of carbonyl (C=O) groups excluding carboxylic acids is 1. The van der Waals surface area contributed by atoms with Crippen LogP contribution in [0.2, 0.25) is 0 Å². The van der Waals surface area contributed by atoms with Crippen LogP contribution in [0.5, 0.6) is 0 Å². The van der Waals surface area contributed by atoms with Gasteiger partial charge < -0.3 is 5.32 Å². The largest absolute Gasteiger partial charge is 0.358 e. The molecule has 0 spiro atoms. The normalized spacial score (nSPS) is 11.6. The third-order valence-corrected chi connectivity index (χ3v) is 3.22. The van der Waals surface area contributed by atoms with Crippen molar-refractivity contribution in [3.63, 3.8) is 0 Å². The van der Waals surface area contributed by atoms with Crippen molar-refractivity contribution in [3.8, 4) is 6.07 Å². The van der Waals surface area contributed by atoms with E-state index in [0.29, 0.717) is 5.56 Å². The summed E-state index contributed by atoms with van der Waals surface area (Å²) in [6.07, 6.45) is 0. The van der Waals surface area contributed by atoms with Crippen molar-refractivity contribution in [1.29, 1.82) is 5.26 Å². The summed E-state index contributed by atoms with van der Waals surface area (Å²) in [5.74, 6) is -0.953. The van der Waals surface area contributed by atoms with Crippen molar-refractivity contribution in [1.82, 2.24) is 5.32 Å². The summed E-state index contributed by atoms with van der Waals surface area (Å²) in [5, 5.41) is 11.0. The second-order valence-electron chi connectivity index (χ2n) is 3.36. The number of halogens is 1. The van der Waals surface area contributed by atoms with Crippen LogP contribution in [0, 0.1) is 17.1 Å². The first-order chi connectivity index (χ1) is 8.05. The van der Waals surface area contributed by atoms with E-state index in [9.17, 15) is 13.4 Å². The zero-order valence-corrected chi connectivity index (χ0v) is 10.0. The molecule has 1 aromatic carbocycles. The highest BCUT2D eigenvalue weighted by Gasteiger charge is 2.08. The summed E-state index contributed by atoms with van der Waals surface area (Å²) in [7, 11) is 0.0463. The van der Waals surface area contributed by atoms with Crippen molar-refractivity contribution in [3.05, 3.63) is 35.1 Å². The van der Waals surface area contributed by atoms with E-state index in [2.05, 4.69) is 5.32 Å². The maximum absolute atomic E-state index is 13.1. The zero-order valence-electron chi connectivity index (χ0n) is 9.20. The molecule has 0 fully saturated rings. The molecule has 0 heterocycles. The number of amides is 1. The number of hydrogen-bond donors (Lipinski definition) is 1. The molecule has 1 atom stereocenters. The fourth-order valence-electron chi connectivity index (χ4n) is 1.25. The van der Waals surface area contributed by atoms with Gasteiger partial charge in [0.15, 0.2) is 0 Å². The molecule has 0 aromatic heterocycles. The second kappa shape index (κ2) is 6.11. The molecule has 4 nitrogen and oxygen atoms in total. The highest BCUT2D eigenvalue weighted by molar-refractivity contribution is 7.84. The van der Waals surface area contributed by atoms with Crippen LogP contribution in [0.4, 0.5) is 4.39 Å². The molecular weight excluding hydrogens is 243 g/mol. The number of benzene rings is 1. The molecule has 1 rings (SSSR count). The van der Waals surface area contributed by atoms with Gasteiger partial charge in [0.05, 0.1) is 11.6 Å². The number of nitrogens with one attached hydrogen (secondary N) is 1. The minimum atomic E-state index is -1.41. The van der Waals surface area contributed by atoms with Crippen LogP contribution in [0.3, 0.4) is 0 Å². The summed E-state index contributed by atoms with van der Waals surface area (Å²) in [5.41, 5.74) is 0.626. The van der Waals surface area contributed by atoms with Gasteiger partial charge in [0.25, 0.3) is 0 Å². The minimum absolute atomic E-state index is 0.0554. The smallest absolute Gasteiger partial charge is 0.232 e. The fraction of sp³-hybridized carbons (Fsp3) is 0.273. The predicted octanol–water partition coefficient (Wildman–Crippen LogP) is 0.692. The van der Waals surface area contributed by atoms with Crippen LogP contribution < -0.4 is 5.32 Å². The van der Waals surface area contributed by atoms with E-state index in [1.807, 2.05) is 6.07 Å². The van der Waals surface area contributed by atoms with Crippen LogP contribution in [0.25, 0.3) is 0 Å². The third-order valence-electron chi connectivity index (χ3n) is 1.99. The standard InChI is InChI=1S/C11H11FN2O2S/c1-14-11(15)7-17(16)6-9-2-8(5-13)3-10(12)4-9/h2-4H,6-7H2,1H3,(H,14,15).